The summed E-state index contributed by atoms with van der Waals surface area (Å²) in [4.78, 5) is 14.4. The molecular formula is C16H14F2N2O3. The number of pyridine rings is 1. The topological polar surface area (TPSA) is 75.1 Å². The van der Waals surface area contributed by atoms with Crippen LogP contribution in [-0.2, 0) is 0 Å². The van der Waals surface area contributed by atoms with Gasteiger partial charge in [0.1, 0.15) is 11.6 Å². The smallest absolute Gasteiger partial charge is 0.387 e. The molecule has 1 N–H and O–H groups in total. The predicted molar refractivity (Wildman–Crippen MR) is 79.8 cm³/mol. The molecule has 0 spiro atoms. The number of rotatable bonds is 5. The van der Waals surface area contributed by atoms with Crippen molar-refractivity contribution in [1.82, 2.24) is 4.98 Å². The molecule has 1 aromatic carbocycles. The molecule has 0 saturated carbocycles. The summed E-state index contributed by atoms with van der Waals surface area (Å²) in [5, 5.41) is 9.17. The van der Waals surface area contributed by atoms with E-state index in [0.29, 0.717) is 16.8 Å². The number of nitrogens with zero attached hydrogens (tertiary/aromatic N) is 1. The standard InChI is InChI=1S/C16H14F2N2O3/c1-3-22-14-7-10(4-5-13(14)23-16(17)18)11-6-9(2)20-15(21)12(11)8-19/h4-7,16H,3H2,1-2H3,(H,20,21). The molecule has 2 aromatic rings. The third-order valence-corrected chi connectivity index (χ3v) is 3.05. The van der Waals surface area contributed by atoms with Crippen LogP contribution in [0.4, 0.5) is 8.78 Å². The van der Waals surface area contributed by atoms with Gasteiger partial charge in [0.15, 0.2) is 11.5 Å². The second kappa shape index (κ2) is 6.92. The van der Waals surface area contributed by atoms with Gasteiger partial charge in [-0.25, -0.2) is 0 Å². The highest BCUT2D eigenvalue weighted by molar-refractivity contribution is 5.72. The fraction of sp³-hybridized carbons (Fsp3) is 0.250. The van der Waals surface area contributed by atoms with Crippen molar-refractivity contribution >= 4 is 0 Å². The summed E-state index contributed by atoms with van der Waals surface area (Å²) in [6.45, 7) is 0.667. The van der Waals surface area contributed by atoms with Crippen LogP contribution in [-0.4, -0.2) is 18.2 Å². The zero-order valence-corrected chi connectivity index (χ0v) is 12.5. The Morgan fingerprint density at radius 3 is 2.65 bits per heavy atom. The molecule has 1 heterocycles. The lowest BCUT2D eigenvalue weighted by molar-refractivity contribution is -0.0514. The first kappa shape index (κ1) is 16.5. The van der Waals surface area contributed by atoms with Gasteiger partial charge in [-0.05, 0) is 37.6 Å². The molecule has 0 radical (unpaired) electrons. The lowest BCUT2D eigenvalue weighted by Crippen LogP contribution is -2.12. The number of ether oxygens (including phenoxy) is 2. The summed E-state index contributed by atoms with van der Waals surface area (Å²) in [6, 6.07) is 7.78. The lowest BCUT2D eigenvalue weighted by Gasteiger charge is -2.13. The van der Waals surface area contributed by atoms with Gasteiger partial charge in [0.2, 0.25) is 0 Å². The first-order valence-electron chi connectivity index (χ1n) is 6.82. The zero-order valence-electron chi connectivity index (χ0n) is 12.5. The van der Waals surface area contributed by atoms with Gasteiger partial charge in [-0.3, -0.25) is 4.79 Å². The van der Waals surface area contributed by atoms with E-state index >= 15 is 0 Å². The van der Waals surface area contributed by atoms with Crippen LogP contribution in [0.15, 0.2) is 29.1 Å². The molecular weight excluding hydrogens is 306 g/mol. The van der Waals surface area contributed by atoms with Gasteiger partial charge < -0.3 is 14.5 Å². The molecule has 0 aliphatic carbocycles. The number of nitriles is 1. The Labute approximate surface area is 131 Å². The van der Waals surface area contributed by atoms with Crippen LogP contribution in [0.5, 0.6) is 11.5 Å². The van der Waals surface area contributed by atoms with Gasteiger partial charge >= 0.3 is 6.61 Å². The number of alkyl halides is 2. The monoisotopic (exact) mass is 320 g/mol. The maximum absolute atomic E-state index is 12.4. The number of hydrogen-bond donors (Lipinski definition) is 1. The second-order valence-electron chi connectivity index (χ2n) is 4.65. The minimum Gasteiger partial charge on any atom is -0.490 e. The SMILES string of the molecule is CCOc1cc(-c2cc(C)[nH]c(=O)c2C#N)ccc1OC(F)F. The molecule has 0 aliphatic heterocycles. The molecule has 7 heteroatoms. The average molecular weight is 320 g/mol. The van der Waals surface area contributed by atoms with E-state index in [1.54, 1.807) is 19.9 Å². The van der Waals surface area contributed by atoms with Crippen molar-refractivity contribution in [2.75, 3.05) is 6.61 Å². The molecule has 0 bridgehead atoms. The van der Waals surface area contributed by atoms with E-state index in [0.717, 1.165) is 0 Å². The Morgan fingerprint density at radius 1 is 1.30 bits per heavy atom. The van der Waals surface area contributed by atoms with E-state index in [4.69, 9.17) is 4.74 Å². The summed E-state index contributed by atoms with van der Waals surface area (Å²) in [5.41, 5.74) is 0.919. The van der Waals surface area contributed by atoms with Crippen LogP contribution in [0.3, 0.4) is 0 Å². The number of aromatic nitrogens is 1. The highest BCUT2D eigenvalue weighted by Crippen LogP contribution is 2.34. The largest absolute Gasteiger partial charge is 0.490 e. The second-order valence-corrected chi connectivity index (χ2v) is 4.65. The van der Waals surface area contributed by atoms with Gasteiger partial charge in [0, 0.05) is 11.3 Å². The molecule has 0 aliphatic rings. The number of aromatic amines is 1. The number of benzene rings is 1. The number of halogens is 2. The Bertz CT molecular complexity index is 810. The molecule has 5 nitrogen and oxygen atoms in total. The highest BCUT2D eigenvalue weighted by Gasteiger charge is 2.15. The lowest BCUT2D eigenvalue weighted by atomic mass is 10.0. The average Bonchev–Trinajstić information content (AvgIpc) is 2.48. The molecule has 120 valence electrons. The zero-order chi connectivity index (χ0) is 17.0. The Morgan fingerprint density at radius 2 is 2.04 bits per heavy atom. The summed E-state index contributed by atoms with van der Waals surface area (Å²) in [5.74, 6) is 0.0118. The molecule has 23 heavy (non-hydrogen) atoms. The van der Waals surface area contributed by atoms with E-state index in [1.165, 1.54) is 18.2 Å². The highest BCUT2D eigenvalue weighted by atomic mass is 19.3. The summed E-state index contributed by atoms with van der Waals surface area (Å²) >= 11 is 0. The van der Waals surface area contributed by atoms with Crippen molar-refractivity contribution in [3.8, 4) is 28.7 Å². The van der Waals surface area contributed by atoms with E-state index in [9.17, 15) is 18.8 Å². The van der Waals surface area contributed by atoms with Crippen molar-refractivity contribution in [2.24, 2.45) is 0 Å². The summed E-state index contributed by atoms with van der Waals surface area (Å²) < 4.78 is 34.6. The van der Waals surface area contributed by atoms with Gasteiger partial charge in [-0.1, -0.05) is 6.07 Å². The van der Waals surface area contributed by atoms with Gasteiger partial charge in [0.05, 0.1) is 6.61 Å². The van der Waals surface area contributed by atoms with Crippen LogP contribution in [0.2, 0.25) is 0 Å². The molecule has 0 unspecified atom stereocenters. The van der Waals surface area contributed by atoms with Crippen molar-refractivity contribution in [1.29, 1.82) is 5.26 Å². The molecule has 0 fully saturated rings. The number of H-pyrrole nitrogens is 1. The van der Waals surface area contributed by atoms with Crippen LogP contribution >= 0.6 is 0 Å². The van der Waals surface area contributed by atoms with E-state index in [-0.39, 0.29) is 23.7 Å². The third kappa shape index (κ3) is 3.66. The van der Waals surface area contributed by atoms with Crippen LogP contribution in [0, 0.1) is 18.3 Å². The minimum atomic E-state index is -2.98. The fourth-order valence-electron chi connectivity index (χ4n) is 2.16. The number of hydrogen-bond acceptors (Lipinski definition) is 4. The fourth-order valence-corrected chi connectivity index (χ4v) is 2.16. The molecule has 0 amide bonds. The maximum atomic E-state index is 12.4. The van der Waals surface area contributed by atoms with Crippen molar-refractivity contribution in [3.05, 3.63) is 45.9 Å². The van der Waals surface area contributed by atoms with Gasteiger partial charge in [-0.2, -0.15) is 14.0 Å². The van der Waals surface area contributed by atoms with Crippen LogP contribution in [0.25, 0.3) is 11.1 Å². The van der Waals surface area contributed by atoms with Crippen molar-refractivity contribution in [2.45, 2.75) is 20.5 Å². The molecule has 2 rings (SSSR count). The van der Waals surface area contributed by atoms with Crippen molar-refractivity contribution in [3.63, 3.8) is 0 Å². The first-order chi connectivity index (χ1) is 11.0. The van der Waals surface area contributed by atoms with E-state index < -0.39 is 12.2 Å². The number of nitrogens with one attached hydrogen (secondary N) is 1. The minimum absolute atomic E-state index is 0.0550. The van der Waals surface area contributed by atoms with Gasteiger partial charge in [0.25, 0.3) is 5.56 Å². The normalized spacial score (nSPS) is 10.4. The van der Waals surface area contributed by atoms with Gasteiger partial charge in [-0.15, -0.1) is 0 Å². The summed E-state index contributed by atoms with van der Waals surface area (Å²) in [6.07, 6.45) is 0. The molecule has 0 saturated heterocycles. The Kier molecular flexibility index (Phi) is 4.96. The van der Waals surface area contributed by atoms with E-state index in [1.807, 2.05) is 6.07 Å². The van der Waals surface area contributed by atoms with E-state index in [2.05, 4.69) is 9.72 Å². The Hall–Kier alpha value is -2.88. The number of aryl methyl sites for hydroxylation is 1. The van der Waals surface area contributed by atoms with Crippen LogP contribution < -0.4 is 15.0 Å². The summed E-state index contributed by atoms with van der Waals surface area (Å²) in [7, 11) is 0. The van der Waals surface area contributed by atoms with Crippen molar-refractivity contribution < 1.29 is 18.3 Å². The molecule has 1 aromatic heterocycles. The van der Waals surface area contributed by atoms with Crippen LogP contribution in [0.1, 0.15) is 18.2 Å². The molecule has 0 atom stereocenters. The predicted octanol–water partition coefficient (Wildman–Crippen LogP) is 3.22. The quantitative estimate of drug-likeness (QED) is 0.918. The first-order valence-corrected chi connectivity index (χ1v) is 6.82. The third-order valence-electron chi connectivity index (χ3n) is 3.05. The maximum Gasteiger partial charge on any atom is 0.387 e. The Balaban J connectivity index is 2.59.